The van der Waals surface area contributed by atoms with Crippen molar-refractivity contribution in [3.63, 3.8) is 0 Å². The minimum Gasteiger partial charge on any atom is -0.460 e. The van der Waals surface area contributed by atoms with Crippen LogP contribution in [0.4, 0.5) is 0 Å². The fourth-order valence-electron chi connectivity index (χ4n) is 2.35. The molecular weight excluding hydrogens is 397 g/mol. The standard InChI is InChI=1S/C16H12INO4/c1-3-21-16(20)13-7-12(19)14-8(2)18-11-5-4-9(17)6-10(11)15(14)22-13/h4-7H,3H2,1-2H3. The molecule has 6 heteroatoms. The molecule has 5 nitrogen and oxygen atoms in total. The number of benzene rings is 1. The predicted molar refractivity (Wildman–Crippen MR) is 91.2 cm³/mol. The summed E-state index contributed by atoms with van der Waals surface area (Å²) in [6.45, 7) is 3.66. The quantitative estimate of drug-likeness (QED) is 0.369. The Hall–Kier alpha value is -1.96. The number of nitrogens with zero attached hydrogens (tertiary/aromatic N) is 1. The van der Waals surface area contributed by atoms with Crippen molar-refractivity contribution in [2.24, 2.45) is 0 Å². The van der Waals surface area contributed by atoms with E-state index in [0.29, 0.717) is 22.0 Å². The number of aryl methyl sites for hydroxylation is 1. The maximum Gasteiger partial charge on any atom is 0.374 e. The summed E-state index contributed by atoms with van der Waals surface area (Å²) in [5, 5.41) is 1.10. The van der Waals surface area contributed by atoms with Crippen LogP contribution in [0.15, 0.2) is 33.5 Å². The summed E-state index contributed by atoms with van der Waals surface area (Å²) >= 11 is 2.17. The van der Waals surface area contributed by atoms with Crippen LogP contribution in [-0.2, 0) is 4.74 Å². The van der Waals surface area contributed by atoms with Crippen LogP contribution in [0.25, 0.3) is 21.9 Å². The van der Waals surface area contributed by atoms with Crippen LogP contribution in [0.2, 0.25) is 0 Å². The van der Waals surface area contributed by atoms with E-state index in [9.17, 15) is 9.59 Å². The number of hydrogen-bond donors (Lipinski definition) is 0. The number of hydrogen-bond acceptors (Lipinski definition) is 5. The molecule has 2 aromatic heterocycles. The second-order valence-electron chi connectivity index (χ2n) is 4.76. The van der Waals surface area contributed by atoms with Gasteiger partial charge in [0.1, 0.15) is 5.58 Å². The Morgan fingerprint density at radius 1 is 1.36 bits per heavy atom. The number of pyridine rings is 1. The summed E-state index contributed by atoms with van der Waals surface area (Å²) in [5.41, 5.74) is 1.37. The van der Waals surface area contributed by atoms with Crippen molar-refractivity contribution in [3.8, 4) is 0 Å². The largest absolute Gasteiger partial charge is 0.460 e. The summed E-state index contributed by atoms with van der Waals surface area (Å²) in [6.07, 6.45) is 0. The van der Waals surface area contributed by atoms with Gasteiger partial charge in [0, 0.05) is 15.0 Å². The van der Waals surface area contributed by atoms with Crippen molar-refractivity contribution in [1.82, 2.24) is 4.98 Å². The lowest BCUT2D eigenvalue weighted by Crippen LogP contribution is -2.11. The highest BCUT2D eigenvalue weighted by Gasteiger charge is 2.17. The predicted octanol–water partition coefficient (Wildman–Crippen LogP) is 3.43. The third-order valence-electron chi connectivity index (χ3n) is 3.28. The monoisotopic (exact) mass is 409 g/mol. The molecule has 1 aromatic carbocycles. The van der Waals surface area contributed by atoms with Crippen molar-refractivity contribution >= 4 is 50.4 Å². The summed E-state index contributed by atoms with van der Waals surface area (Å²) < 4.78 is 11.6. The normalized spacial score (nSPS) is 11.0. The second kappa shape index (κ2) is 5.68. The van der Waals surface area contributed by atoms with Gasteiger partial charge in [-0.05, 0) is 54.6 Å². The molecule has 0 saturated carbocycles. The molecule has 0 radical (unpaired) electrons. The fraction of sp³-hybridized carbons (Fsp3) is 0.188. The molecule has 3 rings (SSSR count). The van der Waals surface area contributed by atoms with E-state index in [-0.39, 0.29) is 17.8 Å². The average molecular weight is 409 g/mol. The van der Waals surface area contributed by atoms with E-state index in [1.54, 1.807) is 13.8 Å². The molecule has 0 saturated heterocycles. The first-order valence-corrected chi connectivity index (χ1v) is 7.80. The van der Waals surface area contributed by atoms with E-state index in [0.717, 1.165) is 15.2 Å². The minimum absolute atomic E-state index is 0.0925. The topological polar surface area (TPSA) is 69.4 Å². The third kappa shape index (κ3) is 2.47. The van der Waals surface area contributed by atoms with E-state index >= 15 is 0 Å². The molecule has 0 spiro atoms. The number of carbonyl (C=O) groups excluding carboxylic acids is 1. The van der Waals surface area contributed by atoms with E-state index in [4.69, 9.17) is 9.15 Å². The van der Waals surface area contributed by atoms with Crippen LogP contribution in [-0.4, -0.2) is 17.6 Å². The van der Waals surface area contributed by atoms with Crippen LogP contribution in [0.5, 0.6) is 0 Å². The molecule has 22 heavy (non-hydrogen) atoms. The van der Waals surface area contributed by atoms with Crippen LogP contribution >= 0.6 is 22.6 Å². The zero-order valence-electron chi connectivity index (χ0n) is 12.0. The van der Waals surface area contributed by atoms with Crippen molar-refractivity contribution in [2.75, 3.05) is 6.61 Å². The molecule has 0 atom stereocenters. The van der Waals surface area contributed by atoms with Gasteiger partial charge >= 0.3 is 5.97 Å². The van der Waals surface area contributed by atoms with Crippen LogP contribution in [0.3, 0.4) is 0 Å². The Morgan fingerprint density at radius 3 is 2.86 bits per heavy atom. The maximum absolute atomic E-state index is 12.3. The van der Waals surface area contributed by atoms with Gasteiger partial charge in [-0.15, -0.1) is 0 Å². The molecular formula is C16H12INO4. The third-order valence-corrected chi connectivity index (χ3v) is 3.95. The Balaban J connectivity index is 2.43. The highest BCUT2D eigenvalue weighted by Crippen LogP contribution is 2.26. The van der Waals surface area contributed by atoms with Crippen LogP contribution in [0.1, 0.15) is 23.2 Å². The van der Waals surface area contributed by atoms with E-state index < -0.39 is 5.97 Å². The van der Waals surface area contributed by atoms with Crippen molar-refractivity contribution in [1.29, 1.82) is 0 Å². The summed E-state index contributed by atoms with van der Waals surface area (Å²) in [7, 11) is 0. The zero-order valence-corrected chi connectivity index (χ0v) is 14.1. The molecule has 0 N–H and O–H groups in total. The number of aromatic nitrogens is 1. The zero-order chi connectivity index (χ0) is 15.9. The molecule has 0 unspecified atom stereocenters. The Bertz CT molecular complexity index is 962. The van der Waals surface area contributed by atoms with E-state index in [1.807, 2.05) is 18.2 Å². The van der Waals surface area contributed by atoms with Gasteiger partial charge in [0.05, 0.1) is 23.2 Å². The molecule has 3 aromatic rings. The van der Waals surface area contributed by atoms with Gasteiger partial charge in [0.2, 0.25) is 5.76 Å². The van der Waals surface area contributed by atoms with Gasteiger partial charge in [-0.25, -0.2) is 4.79 Å². The summed E-state index contributed by atoms with van der Waals surface area (Å²) in [6, 6.07) is 6.83. The highest BCUT2D eigenvalue weighted by atomic mass is 127. The van der Waals surface area contributed by atoms with Gasteiger partial charge in [-0.2, -0.15) is 0 Å². The second-order valence-corrected chi connectivity index (χ2v) is 6.00. The molecule has 0 fully saturated rings. The number of carbonyl (C=O) groups is 1. The number of rotatable bonds is 2. The van der Waals surface area contributed by atoms with Gasteiger partial charge in [0.25, 0.3) is 0 Å². The average Bonchev–Trinajstić information content (AvgIpc) is 2.47. The highest BCUT2D eigenvalue weighted by molar-refractivity contribution is 14.1. The first kappa shape index (κ1) is 15.0. The molecule has 0 aliphatic rings. The first-order chi connectivity index (χ1) is 10.5. The Morgan fingerprint density at radius 2 is 2.14 bits per heavy atom. The summed E-state index contributed by atoms with van der Waals surface area (Å²) in [5.74, 6) is -0.736. The van der Waals surface area contributed by atoms with Gasteiger partial charge < -0.3 is 9.15 Å². The number of esters is 1. The lowest BCUT2D eigenvalue weighted by Gasteiger charge is -2.07. The molecule has 112 valence electrons. The van der Waals surface area contributed by atoms with Crippen molar-refractivity contribution in [2.45, 2.75) is 13.8 Å². The molecule has 0 bridgehead atoms. The SMILES string of the molecule is CCOC(=O)c1cc(=O)c2c(C)nc3ccc(I)cc3c2o1. The smallest absolute Gasteiger partial charge is 0.374 e. The van der Waals surface area contributed by atoms with E-state index in [2.05, 4.69) is 27.6 Å². The first-order valence-electron chi connectivity index (χ1n) is 6.72. The number of halogens is 1. The minimum atomic E-state index is -0.644. The Labute approximate surface area is 139 Å². The number of fused-ring (bicyclic) bond motifs is 3. The molecule has 0 aliphatic heterocycles. The van der Waals surface area contributed by atoms with Crippen molar-refractivity contribution in [3.05, 3.63) is 49.5 Å². The lowest BCUT2D eigenvalue weighted by atomic mass is 10.1. The van der Waals surface area contributed by atoms with Crippen molar-refractivity contribution < 1.29 is 13.9 Å². The Kier molecular flexibility index (Phi) is 3.86. The molecule has 0 aliphatic carbocycles. The fourth-order valence-corrected chi connectivity index (χ4v) is 2.84. The molecule has 2 heterocycles. The van der Waals surface area contributed by atoms with Gasteiger partial charge in [-0.3, -0.25) is 9.78 Å². The van der Waals surface area contributed by atoms with Gasteiger partial charge in [0.15, 0.2) is 5.43 Å². The van der Waals surface area contributed by atoms with Crippen LogP contribution in [0, 0.1) is 10.5 Å². The van der Waals surface area contributed by atoms with E-state index in [1.165, 1.54) is 0 Å². The van der Waals surface area contributed by atoms with Crippen LogP contribution < -0.4 is 5.43 Å². The summed E-state index contributed by atoms with van der Waals surface area (Å²) in [4.78, 5) is 28.6. The number of ether oxygens (including phenoxy) is 1. The maximum atomic E-state index is 12.3. The molecule has 0 amide bonds. The van der Waals surface area contributed by atoms with Gasteiger partial charge in [-0.1, -0.05) is 0 Å². The lowest BCUT2D eigenvalue weighted by molar-refractivity contribution is 0.0491.